The first-order valence-corrected chi connectivity index (χ1v) is 9.81. The summed E-state index contributed by atoms with van der Waals surface area (Å²) < 4.78 is 21.7. The van der Waals surface area contributed by atoms with E-state index >= 15 is 0 Å². The highest BCUT2D eigenvalue weighted by Gasteiger charge is 2.30. The van der Waals surface area contributed by atoms with Crippen LogP contribution >= 0.6 is 0 Å². The molecule has 0 unspecified atom stereocenters. The van der Waals surface area contributed by atoms with Crippen LogP contribution in [-0.2, 0) is 23.7 Å². The predicted octanol–water partition coefficient (Wildman–Crippen LogP) is 0.543. The van der Waals surface area contributed by atoms with Crippen molar-refractivity contribution < 1.29 is 28.7 Å². The van der Waals surface area contributed by atoms with Crippen molar-refractivity contribution in [3.05, 3.63) is 45.1 Å². The van der Waals surface area contributed by atoms with E-state index < -0.39 is 16.6 Å². The fourth-order valence-electron chi connectivity index (χ4n) is 3.36. The lowest BCUT2D eigenvalue weighted by molar-refractivity contribution is -0.422. The Balaban J connectivity index is 1.86. The number of carbonyl (C=O) groups is 1. The molecule has 3 aliphatic heterocycles. The van der Waals surface area contributed by atoms with Gasteiger partial charge in [0.15, 0.2) is 0 Å². The van der Waals surface area contributed by atoms with Gasteiger partial charge >= 0.3 is 11.7 Å². The number of nitrogens with zero attached hydrogens (tertiary/aromatic N) is 3. The van der Waals surface area contributed by atoms with E-state index in [0.717, 1.165) is 26.2 Å². The van der Waals surface area contributed by atoms with Crippen molar-refractivity contribution in [3.63, 3.8) is 0 Å². The van der Waals surface area contributed by atoms with Crippen LogP contribution in [0.1, 0.15) is 6.92 Å². The molecule has 0 aromatic heterocycles. The van der Waals surface area contributed by atoms with Crippen LogP contribution in [0.4, 0.5) is 0 Å². The zero-order valence-electron chi connectivity index (χ0n) is 16.6. The van der Waals surface area contributed by atoms with Gasteiger partial charge in [0.25, 0.3) is 0 Å². The number of hydrogen-bond acceptors (Lipinski definition) is 9. The molecule has 3 rings (SSSR count). The van der Waals surface area contributed by atoms with Gasteiger partial charge in [-0.15, -0.1) is 0 Å². The second-order valence-electron chi connectivity index (χ2n) is 6.88. The molecule has 0 N–H and O–H groups in total. The van der Waals surface area contributed by atoms with E-state index in [1.54, 1.807) is 19.1 Å². The van der Waals surface area contributed by atoms with Crippen molar-refractivity contribution in [3.8, 4) is 0 Å². The molecule has 0 spiro atoms. The third-order valence-corrected chi connectivity index (χ3v) is 4.79. The molecule has 0 aliphatic carbocycles. The van der Waals surface area contributed by atoms with E-state index in [1.165, 1.54) is 0 Å². The first-order chi connectivity index (χ1) is 14.1. The molecule has 0 bridgehead atoms. The molecule has 10 nitrogen and oxygen atoms in total. The van der Waals surface area contributed by atoms with Gasteiger partial charge in [-0.25, -0.2) is 4.79 Å². The van der Waals surface area contributed by atoms with Crippen LogP contribution in [0.2, 0.25) is 0 Å². The fourth-order valence-corrected chi connectivity index (χ4v) is 3.36. The van der Waals surface area contributed by atoms with E-state index in [0.29, 0.717) is 51.0 Å². The minimum Gasteiger partial charge on any atom is -0.463 e. The van der Waals surface area contributed by atoms with Crippen LogP contribution in [0.3, 0.4) is 0 Å². The van der Waals surface area contributed by atoms with Gasteiger partial charge < -0.3 is 18.9 Å². The lowest BCUT2D eigenvalue weighted by Gasteiger charge is -2.31. The zero-order valence-corrected chi connectivity index (χ0v) is 16.6. The minimum absolute atomic E-state index is 0.0641. The van der Waals surface area contributed by atoms with Gasteiger partial charge in [-0.1, -0.05) is 0 Å². The molecule has 2 saturated heterocycles. The Morgan fingerprint density at radius 1 is 1.03 bits per heavy atom. The van der Waals surface area contributed by atoms with Crippen molar-refractivity contribution in [2.45, 2.75) is 6.92 Å². The summed E-state index contributed by atoms with van der Waals surface area (Å²) in [5.41, 5.74) is -0.375. The predicted molar refractivity (Wildman–Crippen MR) is 102 cm³/mol. The molecule has 160 valence electrons. The summed E-state index contributed by atoms with van der Waals surface area (Å²) in [7, 11) is 0. The van der Waals surface area contributed by atoms with E-state index in [2.05, 4.69) is 9.80 Å². The summed E-state index contributed by atoms with van der Waals surface area (Å²) in [6.45, 7) is 8.20. The first kappa shape index (κ1) is 21.4. The minimum atomic E-state index is -0.946. The van der Waals surface area contributed by atoms with E-state index in [1.807, 2.05) is 0 Å². The van der Waals surface area contributed by atoms with Crippen LogP contribution in [-0.4, -0.2) is 93.0 Å². The van der Waals surface area contributed by atoms with Gasteiger partial charge in [0.1, 0.15) is 11.5 Å². The highest BCUT2D eigenvalue weighted by Crippen LogP contribution is 2.25. The van der Waals surface area contributed by atoms with Gasteiger partial charge in [-0.3, -0.25) is 19.9 Å². The maximum Gasteiger partial charge on any atom is 0.410 e. The maximum absolute atomic E-state index is 12.2. The Morgan fingerprint density at radius 3 is 1.93 bits per heavy atom. The van der Waals surface area contributed by atoms with E-state index in [9.17, 15) is 14.9 Å². The molecule has 2 fully saturated rings. The van der Waals surface area contributed by atoms with Crippen molar-refractivity contribution in [1.82, 2.24) is 9.80 Å². The first-order valence-electron chi connectivity index (χ1n) is 9.81. The summed E-state index contributed by atoms with van der Waals surface area (Å²) >= 11 is 0. The highest BCUT2D eigenvalue weighted by atomic mass is 16.6. The van der Waals surface area contributed by atoms with Crippen LogP contribution in [0.15, 0.2) is 34.9 Å². The molecular weight excluding hydrogens is 382 g/mol. The van der Waals surface area contributed by atoms with Crippen molar-refractivity contribution in [2.24, 2.45) is 0 Å². The summed E-state index contributed by atoms with van der Waals surface area (Å²) in [5, 5.41) is 11.6. The molecule has 0 aromatic carbocycles. The van der Waals surface area contributed by atoms with Gasteiger partial charge in [-0.05, 0) is 19.1 Å². The van der Waals surface area contributed by atoms with Gasteiger partial charge in [0.05, 0.1) is 56.6 Å². The van der Waals surface area contributed by atoms with Gasteiger partial charge in [0, 0.05) is 26.2 Å². The van der Waals surface area contributed by atoms with Crippen LogP contribution < -0.4 is 0 Å². The number of morpholine rings is 2. The average Bonchev–Trinajstić information content (AvgIpc) is 2.69. The van der Waals surface area contributed by atoms with Crippen LogP contribution in [0.5, 0.6) is 0 Å². The largest absolute Gasteiger partial charge is 0.463 e. The third kappa shape index (κ3) is 6.10. The SMILES string of the molecule is CCOC(=O)C(=C1C=C(CN2CCOCC2)OC(CN2CCOCC2)=C1)[N+](=O)[O-]. The maximum atomic E-state index is 12.2. The lowest BCUT2D eigenvalue weighted by atomic mass is 10.1. The van der Waals surface area contributed by atoms with Crippen molar-refractivity contribution >= 4 is 5.97 Å². The summed E-state index contributed by atoms with van der Waals surface area (Å²) in [6, 6.07) is 0. The Kier molecular flexibility index (Phi) is 7.76. The summed E-state index contributed by atoms with van der Waals surface area (Å²) in [6.07, 6.45) is 3.13. The molecule has 10 heteroatoms. The van der Waals surface area contributed by atoms with Gasteiger partial charge in [0.2, 0.25) is 0 Å². The lowest BCUT2D eigenvalue weighted by Crippen LogP contribution is -2.39. The summed E-state index contributed by atoms with van der Waals surface area (Å²) in [4.78, 5) is 27.4. The van der Waals surface area contributed by atoms with Gasteiger partial charge in [-0.2, -0.15) is 0 Å². The second-order valence-corrected chi connectivity index (χ2v) is 6.88. The highest BCUT2D eigenvalue weighted by molar-refractivity contribution is 5.88. The zero-order chi connectivity index (χ0) is 20.6. The van der Waals surface area contributed by atoms with Crippen molar-refractivity contribution in [2.75, 3.05) is 72.3 Å². The monoisotopic (exact) mass is 409 g/mol. The molecule has 0 aromatic rings. The topological polar surface area (TPSA) is 104 Å². The number of hydrogen-bond donors (Lipinski definition) is 0. The molecule has 3 aliphatic rings. The summed E-state index contributed by atoms with van der Waals surface area (Å²) in [5.74, 6) is 0.186. The number of rotatable bonds is 7. The quantitative estimate of drug-likeness (QED) is 0.258. The molecule has 29 heavy (non-hydrogen) atoms. The molecule has 0 amide bonds. The molecular formula is C19H27N3O7. The van der Waals surface area contributed by atoms with Crippen LogP contribution in [0.25, 0.3) is 0 Å². The average molecular weight is 409 g/mol. The molecule has 0 atom stereocenters. The van der Waals surface area contributed by atoms with Crippen molar-refractivity contribution in [1.29, 1.82) is 0 Å². The Labute approximate surface area is 169 Å². The van der Waals surface area contributed by atoms with E-state index in [4.69, 9.17) is 18.9 Å². The third-order valence-electron chi connectivity index (χ3n) is 4.79. The number of carbonyl (C=O) groups excluding carboxylic acids is 1. The number of esters is 1. The molecule has 3 heterocycles. The number of ether oxygens (including phenoxy) is 4. The smallest absolute Gasteiger partial charge is 0.410 e. The Morgan fingerprint density at radius 2 is 1.52 bits per heavy atom. The van der Waals surface area contributed by atoms with E-state index in [-0.39, 0.29) is 12.2 Å². The Hall–Kier alpha value is -2.27. The second kappa shape index (κ2) is 10.5. The molecule has 0 radical (unpaired) electrons. The molecule has 0 saturated carbocycles. The standard InChI is InChI=1S/C19H27N3O7/c1-2-28-19(23)18(22(24)25)15-11-16(13-20-3-7-26-8-4-20)29-17(12-15)14-21-5-9-27-10-6-21/h11-12H,2-10,13-14H2,1H3. The fraction of sp³-hybridized carbons (Fsp3) is 0.632. The Bertz CT molecular complexity index is 667. The number of allylic oxidation sites excluding steroid dienone is 3. The number of nitro groups is 1. The van der Waals surface area contributed by atoms with Crippen LogP contribution in [0, 0.1) is 10.1 Å². The normalized spacial score (nSPS) is 21.1.